The summed E-state index contributed by atoms with van der Waals surface area (Å²) in [6.45, 7) is 4.19. The number of nitrogens with one attached hydrogen (secondary N) is 1. The third kappa shape index (κ3) is 4.56. The van der Waals surface area contributed by atoms with Gasteiger partial charge in [0.2, 0.25) is 5.91 Å². The van der Waals surface area contributed by atoms with Crippen molar-refractivity contribution in [3.63, 3.8) is 0 Å². The van der Waals surface area contributed by atoms with E-state index in [4.69, 9.17) is 17.3 Å². The molecule has 4 nitrogen and oxygen atoms in total. The van der Waals surface area contributed by atoms with Crippen LogP contribution in [0.25, 0.3) is 9.88 Å². The summed E-state index contributed by atoms with van der Waals surface area (Å²) < 4.78 is 0.736. The van der Waals surface area contributed by atoms with E-state index in [1.165, 1.54) is 22.7 Å². The van der Waals surface area contributed by atoms with Gasteiger partial charge in [-0.3, -0.25) is 4.79 Å². The monoisotopic (exact) mass is 329 g/mol. The molecule has 0 aliphatic carbocycles. The van der Waals surface area contributed by atoms with Crippen molar-refractivity contribution in [2.45, 2.75) is 25.8 Å². The minimum Gasteiger partial charge on any atom is -0.354 e. The van der Waals surface area contributed by atoms with Crippen LogP contribution in [-0.4, -0.2) is 23.0 Å². The summed E-state index contributed by atoms with van der Waals surface area (Å²) in [7, 11) is 0. The molecule has 0 aliphatic rings. The Balaban J connectivity index is 1.94. The second-order valence-corrected chi connectivity index (χ2v) is 7.76. The number of carbonyl (C=O) groups excluding carboxylic acids is 1. The zero-order chi connectivity index (χ0) is 14.8. The van der Waals surface area contributed by atoms with Crippen LogP contribution in [0, 0.1) is 0 Å². The maximum atomic E-state index is 11.8. The van der Waals surface area contributed by atoms with Crippen LogP contribution >= 0.6 is 34.3 Å². The Bertz CT molecular complexity index is 601. The Kier molecular flexibility index (Phi) is 4.80. The lowest BCUT2D eigenvalue weighted by molar-refractivity contribution is -0.120. The fraction of sp³-hybridized carbons (Fsp3) is 0.385. The molecule has 0 atom stereocenters. The van der Waals surface area contributed by atoms with E-state index in [-0.39, 0.29) is 12.3 Å². The van der Waals surface area contributed by atoms with Gasteiger partial charge in [-0.2, -0.15) is 0 Å². The van der Waals surface area contributed by atoms with Crippen molar-refractivity contribution >= 4 is 40.2 Å². The number of hydrogen-bond acceptors (Lipinski definition) is 5. The van der Waals surface area contributed by atoms with Gasteiger partial charge in [0.05, 0.1) is 21.3 Å². The molecule has 0 bridgehead atoms. The van der Waals surface area contributed by atoms with Crippen LogP contribution in [0.3, 0.4) is 0 Å². The molecule has 1 amide bonds. The Morgan fingerprint density at radius 3 is 2.85 bits per heavy atom. The van der Waals surface area contributed by atoms with Crippen molar-refractivity contribution in [2.75, 3.05) is 6.54 Å². The normalized spacial score (nSPS) is 11.6. The molecule has 2 aromatic rings. The van der Waals surface area contributed by atoms with Crippen molar-refractivity contribution < 1.29 is 4.79 Å². The smallest absolute Gasteiger partial charge is 0.226 e. The van der Waals surface area contributed by atoms with E-state index >= 15 is 0 Å². The first-order valence-corrected chi connectivity index (χ1v) is 8.16. The van der Waals surface area contributed by atoms with Crippen molar-refractivity contribution in [2.24, 2.45) is 5.73 Å². The molecule has 2 heterocycles. The predicted octanol–water partition coefficient (Wildman–Crippen LogP) is 2.92. The standard InChI is InChI=1S/C13H16ClN3OS2/c1-13(2,15)7-16-11(18)5-8-6-19-12(17-8)9-3-4-10(14)20-9/h3-4,6H,5,7,15H2,1-2H3,(H,16,18). The molecule has 3 N–H and O–H groups in total. The third-order valence-corrected chi connectivity index (χ3v) is 4.71. The molecule has 7 heteroatoms. The van der Waals surface area contributed by atoms with E-state index in [0.717, 1.165) is 19.9 Å². The lowest BCUT2D eigenvalue weighted by Crippen LogP contribution is -2.45. The fourth-order valence-corrected chi connectivity index (χ4v) is 3.42. The molecule has 0 unspecified atom stereocenters. The number of nitrogens with zero attached hydrogens (tertiary/aromatic N) is 1. The summed E-state index contributed by atoms with van der Waals surface area (Å²) >= 11 is 8.91. The number of thiophene rings is 1. The van der Waals surface area contributed by atoms with Gasteiger partial charge in [-0.1, -0.05) is 11.6 Å². The zero-order valence-corrected chi connectivity index (χ0v) is 13.7. The Morgan fingerprint density at radius 1 is 1.50 bits per heavy atom. The van der Waals surface area contributed by atoms with Gasteiger partial charge in [0, 0.05) is 17.5 Å². The van der Waals surface area contributed by atoms with Crippen LogP contribution < -0.4 is 11.1 Å². The van der Waals surface area contributed by atoms with Crippen LogP contribution in [0.5, 0.6) is 0 Å². The first kappa shape index (κ1) is 15.4. The Labute approximate surface area is 131 Å². The number of nitrogens with two attached hydrogens (primary N) is 1. The quantitative estimate of drug-likeness (QED) is 0.886. The number of amides is 1. The first-order valence-electron chi connectivity index (χ1n) is 6.09. The highest BCUT2D eigenvalue weighted by Crippen LogP contribution is 2.32. The van der Waals surface area contributed by atoms with Crippen molar-refractivity contribution in [1.29, 1.82) is 0 Å². The summed E-state index contributed by atoms with van der Waals surface area (Å²) in [5.41, 5.74) is 6.18. The average Bonchev–Trinajstić information content (AvgIpc) is 2.94. The number of rotatable bonds is 5. The molecule has 2 aromatic heterocycles. The van der Waals surface area contributed by atoms with E-state index in [1.807, 2.05) is 31.4 Å². The van der Waals surface area contributed by atoms with Gasteiger partial charge in [0.1, 0.15) is 5.01 Å². The zero-order valence-electron chi connectivity index (χ0n) is 11.3. The topological polar surface area (TPSA) is 68.0 Å². The third-order valence-electron chi connectivity index (χ3n) is 2.42. The van der Waals surface area contributed by atoms with Crippen LogP contribution in [0.15, 0.2) is 17.5 Å². The SMILES string of the molecule is CC(C)(N)CNC(=O)Cc1csc(-c2ccc(Cl)s2)n1. The van der Waals surface area contributed by atoms with E-state index < -0.39 is 5.54 Å². The van der Waals surface area contributed by atoms with E-state index in [2.05, 4.69) is 10.3 Å². The summed E-state index contributed by atoms with van der Waals surface area (Å²) in [6.07, 6.45) is 0.270. The van der Waals surface area contributed by atoms with E-state index in [1.54, 1.807) is 0 Å². The lowest BCUT2D eigenvalue weighted by Gasteiger charge is -2.18. The van der Waals surface area contributed by atoms with Gasteiger partial charge in [0.25, 0.3) is 0 Å². The number of halogens is 1. The maximum Gasteiger partial charge on any atom is 0.226 e. The molecule has 0 spiro atoms. The summed E-state index contributed by atoms with van der Waals surface area (Å²) in [6, 6.07) is 3.78. The maximum absolute atomic E-state index is 11.8. The highest BCUT2D eigenvalue weighted by molar-refractivity contribution is 7.23. The highest BCUT2D eigenvalue weighted by atomic mass is 35.5. The lowest BCUT2D eigenvalue weighted by atomic mass is 10.1. The molecule has 108 valence electrons. The van der Waals surface area contributed by atoms with Crippen molar-refractivity contribution in [3.05, 3.63) is 27.5 Å². The highest BCUT2D eigenvalue weighted by Gasteiger charge is 2.14. The second-order valence-electron chi connectivity index (χ2n) is 5.19. The first-order chi connectivity index (χ1) is 9.33. The Morgan fingerprint density at radius 2 is 2.25 bits per heavy atom. The number of thiazole rings is 1. The van der Waals surface area contributed by atoms with Gasteiger partial charge in [-0.25, -0.2) is 4.98 Å². The van der Waals surface area contributed by atoms with Crippen LogP contribution in [-0.2, 0) is 11.2 Å². The molecule has 0 saturated carbocycles. The number of aromatic nitrogens is 1. The molecule has 0 aromatic carbocycles. The van der Waals surface area contributed by atoms with Crippen LogP contribution in [0.4, 0.5) is 0 Å². The molecule has 2 rings (SSSR count). The van der Waals surface area contributed by atoms with Crippen molar-refractivity contribution in [3.8, 4) is 9.88 Å². The van der Waals surface area contributed by atoms with Crippen molar-refractivity contribution in [1.82, 2.24) is 10.3 Å². The van der Waals surface area contributed by atoms with Gasteiger partial charge >= 0.3 is 0 Å². The molecular formula is C13H16ClN3OS2. The molecule has 0 aliphatic heterocycles. The summed E-state index contributed by atoms with van der Waals surface area (Å²) in [5.74, 6) is -0.0652. The summed E-state index contributed by atoms with van der Waals surface area (Å²) in [4.78, 5) is 17.3. The second kappa shape index (κ2) is 6.22. The molecule has 0 radical (unpaired) electrons. The average molecular weight is 330 g/mol. The molecule has 0 fully saturated rings. The number of carbonyl (C=O) groups is 1. The van der Waals surface area contributed by atoms with Gasteiger partial charge in [-0.05, 0) is 26.0 Å². The Hall–Kier alpha value is -0.950. The van der Waals surface area contributed by atoms with Gasteiger partial charge in [0.15, 0.2) is 0 Å². The fourth-order valence-electron chi connectivity index (χ4n) is 1.48. The number of hydrogen-bond donors (Lipinski definition) is 2. The predicted molar refractivity (Wildman–Crippen MR) is 85.4 cm³/mol. The van der Waals surface area contributed by atoms with Crippen LogP contribution in [0.2, 0.25) is 4.34 Å². The minimum atomic E-state index is -0.406. The van der Waals surface area contributed by atoms with Crippen LogP contribution in [0.1, 0.15) is 19.5 Å². The largest absolute Gasteiger partial charge is 0.354 e. The molecule has 0 saturated heterocycles. The van der Waals surface area contributed by atoms with Gasteiger partial charge < -0.3 is 11.1 Å². The molecular weight excluding hydrogens is 314 g/mol. The van der Waals surface area contributed by atoms with Gasteiger partial charge in [-0.15, -0.1) is 22.7 Å². The van der Waals surface area contributed by atoms with E-state index in [9.17, 15) is 4.79 Å². The van der Waals surface area contributed by atoms with E-state index in [0.29, 0.717) is 6.54 Å². The molecule has 20 heavy (non-hydrogen) atoms. The minimum absolute atomic E-state index is 0.0652. The summed E-state index contributed by atoms with van der Waals surface area (Å²) in [5, 5.41) is 5.60.